The van der Waals surface area contributed by atoms with E-state index < -0.39 is 0 Å². The van der Waals surface area contributed by atoms with E-state index in [0.29, 0.717) is 12.0 Å². The van der Waals surface area contributed by atoms with Gasteiger partial charge in [0.05, 0.1) is 0 Å². The molecule has 106 valence electrons. The Morgan fingerprint density at radius 3 is 2.81 bits per heavy atom. The average molecular weight is 276 g/mol. The van der Waals surface area contributed by atoms with Crippen LogP contribution >= 0.6 is 0 Å². The van der Waals surface area contributed by atoms with Crippen LogP contribution < -0.4 is 10.2 Å². The van der Waals surface area contributed by atoms with Gasteiger partial charge in [0.1, 0.15) is 0 Å². The molecule has 3 heterocycles. The zero-order chi connectivity index (χ0) is 13.8. The van der Waals surface area contributed by atoms with E-state index >= 15 is 0 Å². The highest BCUT2D eigenvalue weighted by Gasteiger charge is 2.42. The molecule has 2 aromatic carbocycles. The van der Waals surface area contributed by atoms with E-state index in [1.54, 1.807) is 5.56 Å². The molecule has 21 heavy (non-hydrogen) atoms. The number of hydrogen-bond acceptors (Lipinski definition) is 2. The third-order valence-electron chi connectivity index (χ3n) is 5.48. The molecule has 3 aliphatic heterocycles. The molecular weight excluding hydrogens is 256 g/mol. The van der Waals surface area contributed by atoms with Crippen LogP contribution in [0.25, 0.3) is 0 Å². The van der Waals surface area contributed by atoms with Crippen LogP contribution in [-0.4, -0.2) is 19.1 Å². The third-order valence-corrected chi connectivity index (χ3v) is 5.48. The quantitative estimate of drug-likeness (QED) is 0.793. The number of para-hydroxylation sites is 2. The normalized spacial score (nSPS) is 25.8. The van der Waals surface area contributed by atoms with Crippen LogP contribution in [0.5, 0.6) is 0 Å². The fraction of sp³-hybridized carbons (Fsp3) is 0.368. The number of aryl methyl sites for hydroxylation is 2. The van der Waals surface area contributed by atoms with Crippen molar-refractivity contribution in [2.75, 3.05) is 18.0 Å². The Bertz CT molecular complexity index is 706. The summed E-state index contributed by atoms with van der Waals surface area (Å²) >= 11 is 0. The Kier molecular flexibility index (Phi) is 2.45. The van der Waals surface area contributed by atoms with Gasteiger partial charge < -0.3 is 10.2 Å². The molecule has 0 bridgehead atoms. The molecule has 1 fully saturated rings. The lowest BCUT2D eigenvalue weighted by molar-refractivity contribution is 0.419. The molecule has 0 unspecified atom stereocenters. The van der Waals surface area contributed by atoms with Gasteiger partial charge >= 0.3 is 0 Å². The molecule has 0 amide bonds. The van der Waals surface area contributed by atoms with E-state index in [4.69, 9.17) is 0 Å². The van der Waals surface area contributed by atoms with E-state index in [0.717, 1.165) is 13.1 Å². The highest BCUT2D eigenvalue weighted by atomic mass is 15.2. The van der Waals surface area contributed by atoms with Crippen molar-refractivity contribution in [3.05, 3.63) is 59.2 Å². The second-order valence-corrected chi connectivity index (χ2v) is 6.52. The van der Waals surface area contributed by atoms with Gasteiger partial charge in [-0.05, 0) is 48.6 Å². The van der Waals surface area contributed by atoms with Gasteiger partial charge in [-0.1, -0.05) is 36.4 Å². The molecule has 0 aliphatic carbocycles. The minimum atomic E-state index is 0.640. The van der Waals surface area contributed by atoms with Crippen molar-refractivity contribution in [3.8, 4) is 0 Å². The fourth-order valence-electron chi connectivity index (χ4n) is 4.57. The summed E-state index contributed by atoms with van der Waals surface area (Å²) in [6.07, 6.45) is 3.58. The van der Waals surface area contributed by atoms with Crippen molar-refractivity contribution in [1.82, 2.24) is 5.32 Å². The number of fused-ring (bicyclic) bond motifs is 5. The number of nitrogens with one attached hydrogen (secondary N) is 1. The van der Waals surface area contributed by atoms with Gasteiger partial charge in [0.25, 0.3) is 0 Å². The predicted octanol–water partition coefficient (Wildman–Crippen LogP) is 3.38. The van der Waals surface area contributed by atoms with Gasteiger partial charge in [0.2, 0.25) is 0 Å². The Hall–Kier alpha value is -1.80. The van der Waals surface area contributed by atoms with Gasteiger partial charge in [-0.15, -0.1) is 0 Å². The summed E-state index contributed by atoms with van der Waals surface area (Å²) in [7, 11) is 0. The van der Waals surface area contributed by atoms with Crippen LogP contribution in [0.2, 0.25) is 0 Å². The SMILES string of the molecule is c1ccc2c(c1)CCc1cccc3c1N2[C@@H]1CCNC[C@@H]31. The average Bonchev–Trinajstić information content (AvgIpc) is 2.78. The Morgan fingerprint density at radius 2 is 1.81 bits per heavy atom. The molecule has 2 aromatic rings. The maximum atomic E-state index is 3.59. The summed E-state index contributed by atoms with van der Waals surface area (Å²) in [5.41, 5.74) is 7.61. The maximum Gasteiger partial charge on any atom is 0.0483 e. The van der Waals surface area contributed by atoms with Crippen molar-refractivity contribution in [1.29, 1.82) is 0 Å². The molecule has 0 saturated carbocycles. The van der Waals surface area contributed by atoms with E-state index in [2.05, 4.69) is 52.7 Å². The van der Waals surface area contributed by atoms with Crippen molar-refractivity contribution >= 4 is 11.4 Å². The first-order valence-electron chi connectivity index (χ1n) is 8.13. The Morgan fingerprint density at radius 1 is 0.952 bits per heavy atom. The molecule has 2 nitrogen and oxygen atoms in total. The zero-order valence-corrected chi connectivity index (χ0v) is 12.2. The highest BCUT2D eigenvalue weighted by molar-refractivity contribution is 5.79. The summed E-state index contributed by atoms with van der Waals surface area (Å²) in [5, 5.41) is 3.59. The lowest BCUT2D eigenvalue weighted by atomic mass is 9.88. The molecule has 1 N–H and O–H groups in total. The van der Waals surface area contributed by atoms with Gasteiger partial charge in [-0.25, -0.2) is 0 Å². The molecule has 3 aliphatic rings. The van der Waals surface area contributed by atoms with Crippen molar-refractivity contribution in [2.45, 2.75) is 31.2 Å². The Balaban J connectivity index is 1.79. The van der Waals surface area contributed by atoms with Crippen molar-refractivity contribution in [2.24, 2.45) is 0 Å². The minimum absolute atomic E-state index is 0.640. The van der Waals surface area contributed by atoms with Crippen LogP contribution in [0.3, 0.4) is 0 Å². The van der Waals surface area contributed by atoms with Gasteiger partial charge in [0.15, 0.2) is 0 Å². The molecule has 2 atom stereocenters. The minimum Gasteiger partial charge on any atom is -0.337 e. The summed E-state index contributed by atoms with van der Waals surface area (Å²) in [6, 6.07) is 16.6. The largest absolute Gasteiger partial charge is 0.337 e. The highest BCUT2D eigenvalue weighted by Crippen LogP contribution is 2.51. The van der Waals surface area contributed by atoms with E-state index in [1.165, 1.54) is 41.8 Å². The molecule has 5 rings (SSSR count). The lowest BCUT2D eigenvalue weighted by Gasteiger charge is -2.34. The summed E-state index contributed by atoms with van der Waals surface area (Å²) in [5.74, 6) is 0.653. The third kappa shape index (κ3) is 1.57. The molecular formula is C19H20N2. The number of hydrogen-bond donors (Lipinski definition) is 1. The topological polar surface area (TPSA) is 15.3 Å². The van der Waals surface area contributed by atoms with Crippen molar-refractivity contribution < 1.29 is 0 Å². The van der Waals surface area contributed by atoms with E-state index in [-0.39, 0.29) is 0 Å². The zero-order valence-electron chi connectivity index (χ0n) is 12.2. The second-order valence-electron chi connectivity index (χ2n) is 6.52. The number of anilines is 2. The van der Waals surface area contributed by atoms with E-state index in [1.807, 2.05) is 0 Å². The first kappa shape index (κ1) is 11.8. The number of benzene rings is 2. The van der Waals surface area contributed by atoms with Gasteiger partial charge in [-0.3, -0.25) is 0 Å². The van der Waals surface area contributed by atoms with E-state index in [9.17, 15) is 0 Å². The fourth-order valence-corrected chi connectivity index (χ4v) is 4.57. The van der Waals surface area contributed by atoms with Crippen LogP contribution in [0.4, 0.5) is 11.4 Å². The molecule has 2 heteroatoms. The summed E-state index contributed by atoms with van der Waals surface area (Å²) in [6.45, 7) is 2.27. The van der Waals surface area contributed by atoms with Crippen LogP contribution in [0.15, 0.2) is 42.5 Å². The smallest absolute Gasteiger partial charge is 0.0483 e. The Labute approximate surface area is 125 Å². The first-order chi connectivity index (χ1) is 10.4. The van der Waals surface area contributed by atoms with Crippen LogP contribution in [-0.2, 0) is 12.8 Å². The van der Waals surface area contributed by atoms with Crippen LogP contribution in [0.1, 0.15) is 29.0 Å². The van der Waals surface area contributed by atoms with Gasteiger partial charge in [0, 0.05) is 29.9 Å². The number of rotatable bonds is 0. The molecule has 0 spiro atoms. The van der Waals surface area contributed by atoms with Crippen molar-refractivity contribution in [3.63, 3.8) is 0 Å². The summed E-state index contributed by atoms with van der Waals surface area (Å²) in [4.78, 5) is 2.68. The standard InChI is InChI=1S/C19H20N2/c1-2-7-17-13(4-1)8-9-14-5-3-6-15-16-12-20-11-10-18(16)21(17)19(14)15/h1-7,16,18,20H,8-12H2/t16-,18+/m0/s1. The van der Waals surface area contributed by atoms with Crippen LogP contribution in [0, 0.1) is 0 Å². The molecule has 0 aromatic heterocycles. The monoisotopic (exact) mass is 276 g/mol. The summed E-state index contributed by atoms with van der Waals surface area (Å²) < 4.78 is 0. The number of piperidine rings is 1. The van der Waals surface area contributed by atoms with Gasteiger partial charge in [-0.2, -0.15) is 0 Å². The molecule has 1 saturated heterocycles. The lowest BCUT2D eigenvalue weighted by Crippen LogP contribution is -2.42. The molecule has 0 radical (unpaired) electrons. The maximum absolute atomic E-state index is 3.59. The number of nitrogens with zero attached hydrogens (tertiary/aromatic N) is 1. The second kappa shape index (κ2) is 4.35. The first-order valence-corrected chi connectivity index (χ1v) is 8.13. The predicted molar refractivity (Wildman–Crippen MR) is 86.4 cm³/mol.